The normalized spacial score (nSPS) is 16.1. The lowest BCUT2D eigenvalue weighted by Gasteiger charge is -2.22. The summed E-state index contributed by atoms with van der Waals surface area (Å²) in [5, 5.41) is 3.36. The Labute approximate surface area is 118 Å². The number of methoxy groups -OCH3 is 1. The lowest BCUT2D eigenvalue weighted by Crippen LogP contribution is -2.20. The van der Waals surface area contributed by atoms with E-state index < -0.39 is 5.97 Å². The quantitative estimate of drug-likeness (QED) is 0.655. The van der Waals surface area contributed by atoms with Crippen LogP contribution in [0.2, 0.25) is 0 Å². The number of para-hydroxylation sites is 1. The summed E-state index contributed by atoms with van der Waals surface area (Å²) in [7, 11) is 1.36. The van der Waals surface area contributed by atoms with E-state index in [1.807, 2.05) is 23.9 Å². The number of nitrogen functional groups attached to an aromatic ring is 1. The van der Waals surface area contributed by atoms with Gasteiger partial charge in [-0.1, -0.05) is 6.07 Å². The fourth-order valence-electron chi connectivity index (χ4n) is 2.21. The summed E-state index contributed by atoms with van der Waals surface area (Å²) < 4.78 is 4.72. The Kier molecular flexibility index (Phi) is 4.96. The monoisotopic (exact) mass is 280 g/mol. The first kappa shape index (κ1) is 14.1. The van der Waals surface area contributed by atoms with Crippen LogP contribution in [-0.2, 0) is 4.74 Å². The van der Waals surface area contributed by atoms with Gasteiger partial charge >= 0.3 is 5.97 Å². The molecule has 0 radical (unpaired) electrons. The lowest BCUT2D eigenvalue weighted by atomic mass is 10.0. The van der Waals surface area contributed by atoms with Gasteiger partial charge in [-0.05, 0) is 42.4 Å². The van der Waals surface area contributed by atoms with Crippen LogP contribution in [0, 0.1) is 5.92 Å². The highest BCUT2D eigenvalue weighted by atomic mass is 32.2. The maximum atomic E-state index is 11.6. The number of anilines is 2. The van der Waals surface area contributed by atoms with Crippen molar-refractivity contribution in [3.05, 3.63) is 23.8 Å². The first-order valence-corrected chi connectivity index (χ1v) is 7.66. The van der Waals surface area contributed by atoms with Crippen LogP contribution in [0.15, 0.2) is 18.2 Å². The summed E-state index contributed by atoms with van der Waals surface area (Å²) in [6, 6.07) is 5.41. The van der Waals surface area contributed by atoms with Gasteiger partial charge in [-0.15, -0.1) is 0 Å². The predicted octanol–water partition coefficient (Wildman–Crippen LogP) is 2.61. The molecule has 1 saturated heterocycles. The second kappa shape index (κ2) is 6.70. The Morgan fingerprint density at radius 3 is 2.89 bits per heavy atom. The van der Waals surface area contributed by atoms with Crippen molar-refractivity contribution >= 4 is 29.1 Å². The van der Waals surface area contributed by atoms with Crippen molar-refractivity contribution in [2.75, 3.05) is 36.2 Å². The van der Waals surface area contributed by atoms with E-state index in [1.165, 1.54) is 31.5 Å². The second-order valence-electron chi connectivity index (χ2n) is 4.70. The number of esters is 1. The molecule has 4 nitrogen and oxygen atoms in total. The van der Waals surface area contributed by atoms with Gasteiger partial charge in [0.2, 0.25) is 0 Å². The van der Waals surface area contributed by atoms with Crippen LogP contribution in [0.5, 0.6) is 0 Å². The topological polar surface area (TPSA) is 64.3 Å². The minimum atomic E-state index is -0.393. The standard InChI is InChI=1S/C14H20N2O2S/c1-18-14(17)11-3-2-4-12(13(11)15)16-9-10-5-7-19-8-6-10/h2-4,10,16H,5-9,15H2,1H3. The van der Waals surface area contributed by atoms with Crippen LogP contribution in [0.4, 0.5) is 11.4 Å². The highest BCUT2D eigenvalue weighted by molar-refractivity contribution is 7.99. The Hall–Kier alpha value is -1.36. The van der Waals surface area contributed by atoms with Crippen molar-refractivity contribution in [2.24, 2.45) is 5.92 Å². The van der Waals surface area contributed by atoms with E-state index in [0.717, 1.165) is 12.2 Å². The Morgan fingerprint density at radius 2 is 2.21 bits per heavy atom. The number of carbonyl (C=O) groups is 1. The van der Waals surface area contributed by atoms with Gasteiger partial charge in [0.25, 0.3) is 0 Å². The fourth-order valence-corrected chi connectivity index (χ4v) is 3.42. The Balaban J connectivity index is 2.01. The van der Waals surface area contributed by atoms with Gasteiger partial charge in [0, 0.05) is 6.54 Å². The molecular weight excluding hydrogens is 260 g/mol. The van der Waals surface area contributed by atoms with E-state index in [-0.39, 0.29) is 0 Å². The number of hydrogen-bond donors (Lipinski definition) is 2. The third kappa shape index (κ3) is 3.56. The molecule has 0 spiro atoms. The molecule has 0 unspecified atom stereocenters. The molecule has 1 aromatic rings. The summed E-state index contributed by atoms with van der Waals surface area (Å²) in [5.41, 5.74) is 7.72. The number of thioether (sulfide) groups is 1. The number of benzene rings is 1. The first-order chi connectivity index (χ1) is 9.22. The molecule has 1 heterocycles. The van der Waals surface area contributed by atoms with Crippen molar-refractivity contribution in [3.8, 4) is 0 Å². The van der Waals surface area contributed by atoms with Crippen molar-refractivity contribution < 1.29 is 9.53 Å². The molecule has 0 saturated carbocycles. The molecule has 1 aliphatic rings. The molecule has 0 bridgehead atoms. The maximum absolute atomic E-state index is 11.6. The molecule has 5 heteroatoms. The van der Waals surface area contributed by atoms with Crippen molar-refractivity contribution in [2.45, 2.75) is 12.8 Å². The molecule has 19 heavy (non-hydrogen) atoms. The summed E-state index contributed by atoms with van der Waals surface area (Å²) in [6.07, 6.45) is 2.49. The van der Waals surface area contributed by atoms with E-state index in [4.69, 9.17) is 10.5 Å². The minimum absolute atomic E-state index is 0.393. The Bertz CT molecular complexity index is 445. The molecule has 0 aliphatic carbocycles. The van der Waals surface area contributed by atoms with E-state index in [2.05, 4.69) is 5.32 Å². The summed E-state index contributed by atoms with van der Waals surface area (Å²) in [6.45, 7) is 0.912. The summed E-state index contributed by atoms with van der Waals surface area (Å²) in [5.74, 6) is 2.78. The third-order valence-corrected chi connectivity index (χ3v) is 4.48. The average molecular weight is 280 g/mol. The maximum Gasteiger partial charge on any atom is 0.340 e. The second-order valence-corrected chi connectivity index (χ2v) is 5.92. The minimum Gasteiger partial charge on any atom is -0.465 e. The first-order valence-electron chi connectivity index (χ1n) is 6.50. The summed E-state index contributed by atoms with van der Waals surface area (Å²) >= 11 is 2.02. The van der Waals surface area contributed by atoms with Crippen LogP contribution in [0.25, 0.3) is 0 Å². The molecule has 104 valence electrons. The number of hydrogen-bond acceptors (Lipinski definition) is 5. The number of nitrogens with one attached hydrogen (secondary N) is 1. The molecule has 0 atom stereocenters. The summed E-state index contributed by atoms with van der Waals surface area (Å²) in [4.78, 5) is 11.6. The van der Waals surface area contributed by atoms with Crippen LogP contribution in [0.1, 0.15) is 23.2 Å². The average Bonchev–Trinajstić information content (AvgIpc) is 2.46. The molecule has 1 fully saturated rings. The number of nitrogens with two attached hydrogens (primary N) is 1. The van der Waals surface area contributed by atoms with E-state index in [0.29, 0.717) is 17.2 Å². The SMILES string of the molecule is COC(=O)c1cccc(NCC2CCSCC2)c1N. The predicted molar refractivity (Wildman–Crippen MR) is 80.7 cm³/mol. The lowest BCUT2D eigenvalue weighted by molar-refractivity contribution is 0.0602. The molecule has 3 N–H and O–H groups in total. The Morgan fingerprint density at radius 1 is 1.47 bits per heavy atom. The van der Waals surface area contributed by atoms with Crippen LogP contribution in [-0.4, -0.2) is 31.1 Å². The zero-order valence-electron chi connectivity index (χ0n) is 11.1. The van der Waals surface area contributed by atoms with Gasteiger partial charge in [-0.2, -0.15) is 11.8 Å². The molecular formula is C14H20N2O2S. The van der Waals surface area contributed by atoms with E-state index in [9.17, 15) is 4.79 Å². The van der Waals surface area contributed by atoms with E-state index >= 15 is 0 Å². The largest absolute Gasteiger partial charge is 0.465 e. The number of rotatable bonds is 4. The van der Waals surface area contributed by atoms with Gasteiger partial charge < -0.3 is 15.8 Å². The van der Waals surface area contributed by atoms with Crippen molar-refractivity contribution in [1.82, 2.24) is 0 Å². The highest BCUT2D eigenvalue weighted by Gasteiger charge is 2.16. The number of ether oxygens (including phenoxy) is 1. The zero-order chi connectivity index (χ0) is 13.7. The molecule has 1 aromatic carbocycles. The van der Waals surface area contributed by atoms with E-state index in [1.54, 1.807) is 6.07 Å². The fraction of sp³-hybridized carbons (Fsp3) is 0.500. The molecule has 1 aliphatic heterocycles. The van der Waals surface area contributed by atoms with Crippen LogP contribution >= 0.6 is 11.8 Å². The van der Waals surface area contributed by atoms with Crippen LogP contribution < -0.4 is 11.1 Å². The van der Waals surface area contributed by atoms with Crippen LogP contribution in [0.3, 0.4) is 0 Å². The third-order valence-electron chi connectivity index (χ3n) is 3.43. The number of carbonyl (C=O) groups excluding carboxylic acids is 1. The highest BCUT2D eigenvalue weighted by Crippen LogP contribution is 2.26. The molecule has 0 amide bonds. The zero-order valence-corrected chi connectivity index (χ0v) is 12.0. The van der Waals surface area contributed by atoms with Gasteiger partial charge in [-0.3, -0.25) is 0 Å². The van der Waals surface area contributed by atoms with Gasteiger partial charge in [0.05, 0.1) is 24.0 Å². The smallest absolute Gasteiger partial charge is 0.340 e. The molecule has 0 aromatic heterocycles. The van der Waals surface area contributed by atoms with Gasteiger partial charge in [0.15, 0.2) is 0 Å². The van der Waals surface area contributed by atoms with Crippen molar-refractivity contribution in [3.63, 3.8) is 0 Å². The van der Waals surface area contributed by atoms with Crippen molar-refractivity contribution in [1.29, 1.82) is 0 Å². The molecule has 2 rings (SSSR count). The van der Waals surface area contributed by atoms with Gasteiger partial charge in [-0.25, -0.2) is 4.79 Å². The van der Waals surface area contributed by atoms with Gasteiger partial charge in [0.1, 0.15) is 0 Å².